The number of amides is 2. The third-order valence-corrected chi connectivity index (χ3v) is 3.89. The number of hydrogen-bond acceptors (Lipinski definition) is 2. The van der Waals surface area contributed by atoms with E-state index in [1.165, 1.54) is 6.42 Å². The highest BCUT2D eigenvalue weighted by atomic mass is 16.2. The van der Waals surface area contributed by atoms with Crippen molar-refractivity contribution in [3.05, 3.63) is 29.8 Å². The number of piperidine rings is 1. The van der Waals surface area contributed by atoms with Crippen LogP contribution in [0.15, 0.2) is 24.3 Å². The minimum Gasteiger partial charge on any atom is -0.324 e. The Morgan fingerprint density at radius 1 is 1.43 bits per heavy atom. The summed E-state index contributed by atoms with van der Waals surface area (Å²) in [7, 11) is 0. The molecule has 1 fully saturated rings. The molecule has 4 heteroatoms. The largest absolute Gasteiger partial charge is 0.324 e. The van der Waals surface area contributed by atoms with Crippen LogP contribution in [-0.2, 0) is 0 Å². The zero-order chi connectivity index (χ0) is 15.2. The molecule has 0 aliphatic carbocycles. The van der Waals surface area contributed by atoms with E-state index in [4.69, 9.17) is 0 Å². The maximum absolute atomic E-state index is 12.4. The molecule has 1 aliphatic heterocycles. The van der Waals surface area contributed by atoms with Crippen molar-refractivity contribution in [3.63, 3.8) is 0 Å². The van der Waals surface area contributed by atoms with Crippen molar-refractivity contribution >= 4 is 11.7 Å². The third-order valence-electron chi connectivity index (χ3n) is 3.89. The van der Waals surface area contributed by atoms with Gasteiger partial charge in [0, 0.05) is 24.8 Å². The van der Waals surface area contributed by atoms with Crippen molar-refractivity contribution in [1.29, 1.82) is 0 Å². The van der Waals surface area contributed by atoms with E-state index in [1.54, 1.807) is 0 Å². The second-order valence-corrected chi connectivity index (χ2v) is 6.32. The molecule has 4 nitrogen and oxygen atoms in total. The first-order valence-corrected chi connectivity index (χ1v) is 7.90. The molecule has 2 rings (SSSR count). The van der Waals surface area contributed by atoms with Crippen LogP contribution in [0.4, 0.5) is 10.5 Å². The first-order chi connectivity index (χ1) is 10.0. The first kappa shape index (κ1) is 15.8. The van der Waals surface area contributed by atoms with E-state index < -0.39 is 0 Å². The molecule has 0 aromatic heterocycles. The molecule has 1 aromatic carbocycles. The molecule has 1 aromatic rings. The summed E-state index contributed by atoms with van der Waals surface area (Å²) in [6, 6.07) is 8.46. The topological polar surface area (TPSA) is 44.4 Å². The van der Waals surface area contributed by atoms with Gasteiger partial charge < -0.3 is 15.5 Å². The van der Waals surface area contributed by atoms with Crippen LogP contribution in [-0.4, -0.2) is 36.6 Å². The lowest BCUT2D eigenvalue weighted by atomic mass is 9.98. The molecule has 0 spiro atoms. The Morgan fingerprint density at radius 3 is 2.95 bits per heavy atom. The van der Waals surface area contributed by atoms with E-state index in [0.29, 0.717) is 12.0 Å². The Morgan fingerprint density at radius 2 is 2.24 bits per heavy atom. The average Bonchev–Trinajstić information content (AvgIpc) is 2.45. The Hall–Kier alpha value is -1.55. The van der Waals surface area contributed by atoms with Gasteiger partial charge in [0.05, 0.1) is 0 Å². The van der Waals surface area contributed by atoms with Crippen molar-refractivity contribution in [3.8, 4) is 0 Å². The van der Waals surface area contributed by atoms with Gasteiger partial charge in [-0.15, -0.1) is 0 Å². The summed E-state index contributed by atoms with van der Waals surface area (Å²) in [5.74, 6) is 0.560. The normalized spacial score (nSPS) is 18.9. The number of carbonyl (C=O) groups is 1. The van der Waals surface area contributed by atoms with Gasteiger partial charge in [-0.2, -0.15) is 0 Å². The second kappa shape index (κ2) is 7.46. The van der Waals surface area contributed by atoms with Gasteiger partial charge in [0.25, 0.3) is 0 Å². The number of anilines is 1. The molecule has 1 heterocycles. The van der Waals surface area contributed by atoms with Crippen LogP contribution < -0.4 is 10.6 Å². The van der Waals surface area contributed by atoms with Gasteiger partial charge >= 0.3 is 6.03 Å². The zero-order valence-corrected chi connectivity index (χ0v) is 13.4. The van der Waals surface area contributed by atoms with Crippen molar-refractivity contribution in [1.82, 2.24) is 10.2 Å². The summed E-state index contributed by atoms with van der Waals surface area (Å²) in [5.41, 5.74) is 2.04. The molecule has 0 radical (unpaired) electrons. The van der Waals surface area contributed by atoms with Crippen LogP contribution in [0.3, 0.4) is 0 Å². The lowest BCUT2D eigenvalue weighted by Gasteiger charge is -2.33. The van der Waals surface area contributed by atoms with Gasteiger partial charge in [-0.3, -0.25) is 0 Å². The number of nitrogens with one attached hydrogen (secondary N) is 2. The van der Waals surface area contributed by atoms with Gasteiger partial charge in [0.2, 0.25) is 0 Å². The van der Waals surface area contributed by atoms with Crippen LogP contribution in [0.25, 0.3) is 0 Å². The molecular weight excluding hydrogens is 262 g/mol. The van der Waals surface area contributed by atoms with E-state index in [-0.39, 0.29) is 6.03 Å². The maximum atomic E-state index is 12.4. The summed E-state index contributed by atoms with van der Waals surface area (Å²) in [6.45, 7) is 9.04. The minimum absolute atomic E-state index is 0.0230. The summed E-state index contributed by atoms with van der Waals surface area (Å²) < 4.78 is 0. The highest BCUT2D eigenvalue weighted by Crippen LogP contribution is 2.18. The smallest absolute Gasteiger partial charge is 0.321 e. The highest BCUT2D eigenvalue weighted by Gasteiger charge is 2.23. The molecule has 116 valence electrons. The average molecular weight is 289 g/mol. The molecule has 2 N–H and O–H groups in total. The Balaban J connectivity index is 1.87. The summed E-state index contributed by atoms with van der Waals surface area (Å²) >= 11 is 0. The van der Waals surface area contributed by atoms with Gasteiger partial charge in [-0.05, 0) is 49.9 Å². The number of aryl methyl sites for hydroxylation is 1. The van der Waals surface area contributed by atoms with E-state index in [9.17, 15) is 4.79 Å². The SMILES string of the molecule is Cc1cccc(NC(=O)N2CCCC(CNC(C)C)C2)c1. The highest BCUT2D eigenvalue weighted by molar-refractivity contribution is 5.89. The molecule has 0 bridgehead atoms. The maximum Gasteiger partial charge on any atom is 0.321 e. The predicted octanol–water partition coefficient (Wildman–Crippen LogP) is 3.24. The second-order valence-electron chi connectivity index (χ2n) is 6.32. The van der Waals surface area contributed by atoms with Crippen LogP contribution >= 0.6 is 0 Å². The fourth-order valence-electron chi connectivity index (χ4n) is 2.74. The number of carbonyl (C=O) groups excluding carboxylic acids is 1. The summed E-state index contributed by atoms with van der Waals surface area (Å²) in [4.78, 5) is 14.3. The number of benzene rings is 1. The van der Waals surface area contributed by atoms with Crippen molar-refractivity contribution < 1.29 is 4.79 Å². The number of nitrogens with zero attached hydrogens (tertiary/aromatic N) is 1. The van der Waals surface area contributed by atoms with E-state index in [2.05, 4.69) is 24.5 Å². The minimum atomic E-state index is 0.0230. The molecule has 21 heavy (non-hydrogen) atoms. The number of rotatable bonds is 4. The van der Waals surface area contributed by atoms with Gasteiger partial charge in [0.1, 0.15) is 0 Å². The summed E-state index contributed by atoms with van der Waals surface area (Å²) in [5, 5.41) is 6.48. The van der Waals surface area contributed by atoms with Crippen molar-refractivity contribution in [2.45, 2.75) is 39.7 Å². The summed E-state index contributed by atoms with van der Waals surface area (Å²) in [6.07, 6.45) is 2.29. The first-order valence-electron chi connectivity index (χ1n) is 7.90. The standard InChI is InChI=1S/C17H27N3O/c1-13(2)18-11-15-7-5-9-20(12-15)17(21)19-16-8-4-6-14(3)10-16/h4,6,8,10,13,15,18H,5,7,9,11-12H2,1-3H3,(H,19,21). The molecule has 2 amide bonds. The van der Waals surface area contributed by atoms with Crippen molar-refractivity contribution in [2.75, 3.05) is 25.0 Å². The zero-order valence-electron chi connectivity index (χ0n) is 13.4. The molecule has 1 atom stereocenters. The third kappa shape index (κ3) is 5.05. The fourth-order valence-corrected chi connectivity index (χ4v) is 2.74. The predicted molar refractivity (Wildman–Crippen MR) is 87.6 cm³/mol. The van der Waals surface area contributed by atoms with Gasteiger partial charge in [0.15, 0.2) is 0 Å². The van der Waals surface area contributed by atoms with Crippen LogP contribution in [0, 0.1) is 12.8 Å². The number of urea groups is 1. The van der Waals surface area contributed by atoms with Gasteiger partial charge in [-0.25, -0.2) is 4.79 Å². The van der Waals surface area contributed by atoms with Crippen molar-refractivity contribution in [2.24, 2.45) is 5.92 Å². The Kier molecular flexibility index (Phi) is 5.62. The molecular formula is C17H27N3O. The Labute approximate surface area is 127 Å². The number of hydrogen-bond donors (Lipinski definition) is 2. The van der Waals surface area contributed by atoms with E-state index >= 15 is 0 Å². The monoisotopic (exact) mass is 289 g/mol. The Bertz CT molecular complexity index is 473. The fraction of sp³-hybridized carbons (Fsp3) is 0.588. The van der Waals surface area contributed by atoms with Crippen LogP contribution in [0.5, 0.6) is 0 Å². The van der Waals surface area contributed by atoms with E-state index in [1.807, 2.05) is 36.1 Å². The van der Waals surface area contributed by atoms with Gasteiger partial charge in [-0.1, -0.05) is 26.0 Å². The van der Waals surface area contributed by atoms with Crippen LogP contribution in [0.2, 0.25) is 0 Å². The molecule has 0 saturated carbocycles. The number of likely N-dealkylation sites (tertiary alicyclic amines) is 1. The quantitative estimate of drug-likeness (QED) is 0.893. The molecule has 1 saturated heterocycles. The lowest BCUT2D eigenvalue weighted by molar-refractivity contribution is 0.175. The lowest BCUT2D eigenvalue weighted by Crippen LogP contribution is -2.45. The van der Waals surface area contributed by atoms with E-state index in [0.717, 1.165) is 37.3 Å². The molecule has 1 unspecified atom stereocenters. The molecule has 1 aliphatic rings. The van der Waals surface area contributed by atoms with Crippen LogP contribution in [0.1, 0.15) is 32.3 Å².